The molecule has 0 saturated heterocycles. The predicted octanol–water partition coefficient (Wildman–Crippen LogP) is 3.77. The van der Waals surface area contributed by atoms with Gasteiger partial charge in [0.15, 0.2) is 0 Å². The highest BCUT2D eigenvalue weighted by atomic mass is 33.1. The van der Waals surface area contributed by atoms with Gasteiger partial charge in [-0.25, -0.2) is 0 Å². The summed E-state index contributed by atoms with van der Waals surface area (Å²) >= 11 is 0. The second kappa shape index (κ2) is 5.45. The molecule has 0 aromatic heterocycles. The molecule has 54 valence electrons. The van der Waals surface area contributed by atoms with Crippen molar-refractivity contribution in [3.8, 4) is 0 Å². The second-order valence-electron chi connectivity index (χ2n) is 1.51. The van der Waals surface area contributed by atoms with E-state index < -0.39 is 0 Å². The number of rotatable bonds is 5. The maximum Gasteiger partial charge on any atom is 0.0108 e. The lowest BCUT2D eigenvalue weighted by Crippen LogP contribution is -1.60. The van der Waals surface area contributed by atoms with E-state index in [0.717, 1.165) is 9.81 Å². The monoisotopic (exact) mass is 170 g/mol. The van der Waals surface area contributed by atoms with Crippen LogP contribution in [-0.2, 0) is 0 Å². The lowest BCUT2D eigenvalue weighted by Gasteiger charge is -1.96. The summed E-state index contributed by atoms with van der Waals surface area (Å²) in [6.45, 7) is 14.6. The summed E-state index contributed by atoms with van der Waals surface area (Å²) in [6, 6.07) is 0. The molecule has 0 aliphatic carbocycles. The van der Waals surface area contributed by atoms with Gasteiger partial charge in [-0.2, -0.15) is 0 Å². The van der Waals surface area contributed by atoms with E-state index in [1.807, 2.05) is 0 Å². The Morgan fingerprint density at radius 1 is 0.900 bits per heavy atom. The fraction of sp³-hybridized carbons (Fsp3) is 0. The number of hydrogen-bond donors (Lipinski definition) is 0. The molecule has 0 radical (unpaired) electrons. The molecule has 0 heterocycles. The molecular weight excluding hydrogens is 160 g/mol. The Hall–Kier alpha value is -0.340. The van der Waals surface area contributed by atoms with E-state index >= 15 is 0 Å². The van der Waals surface area contributed by atoms with E-state index in [-0.39, 0.29) is 0 Å². The fourth-order valence-electron chi connectivity index (χ4n) is 0.175. The molecule has 10 heavy (non-hydrogen) atoms. The third kappa shape index (κ3) is 4.53. The molecule has 0 unspecified atom stereocenters. The lowest BCUT2D eigenvalue weighted by atomic mass is 10.6. The van der Waals surface area contributed by atoms with Gasteiger partial charge in [-0.05, 0) is 0 Å². The molecule has 0 spiro atoms. The topological polar surface area (TPSA) is 0 Å². The highest BCUT2D eigenvalue weighted by molar-refractivity contribution is 8.79. The van der Waals surface area contributed by atoms with Crippen LogP contribution in [0, 0.1) is 0 Å². The zero-order chi connectivity index (χ0) is 7.98. The van der Waals surface area contributed by atoms with Gasteiger partial charge in [-0.3, -0.25) is 0 Å². The van der Waals surface area contributed by atoms with Crippen LogP contribution in [0.5, 0.6) is 0 Å². The second-order valence-corrected chi connectivity index (χ2v) is 3.89. The van der Waals surface area contributed by atoms with Crippen LogP contribution >= 0.6 is 21.6 Å². The van der Waals surface area contributed by atoms with Crippen LogP contribution in [0.3, 0.4) is 0 Å². The first-order valence-electron chi connectivity index (χ1n) is 2.68. The largest absolute Gasteiger partial charge is 0.0979 e. The van der Waals surface area contributed by atoms with Crippen LogP contribution in [0.1, 0.15) is 0 Å². The summed E-state index contributed by atoms with van der Waals surface area (Å²) < 4.78 is 0. The Bertz CT molecular complexity index is 148. The standard InChI is InChI=1S/C8H10S2/c1-5-7(3)9-10-8(4)6-2/h5-6H,1-4H2. The summed E-state index contributed by atoms with van der Waals surface area (Å²) in [5.74, 6) is 0. The van der Waals surface area contributed by atoms with E-state index in [9.17, 15) is 0 Å². The van der Waals surface area contributed by atoms with Crippen molar-refractivity contribution in [2.24, 2.45) is 0 Å². The summed E-state index contributed by atoms with van der Waals surface area (Å²) in [6.07, 6.45) is 3.43. The van der Waals surface area contributed by atoms with E-state index in [0.29, 0.717) is 0 Å². The normalized spacial score (nSPS) is 8.40. The first-order chi connectivity index (χ1) is 4.70. The summed E-state index contributed by atoms with van der Waals surface area (Å²) in [7, 11) is 3.08. The van der Waals surface area contributed by atoms with Crippen molar-refractivity contribution in [2.45, 2.75) is 0 Å². The van der Waals surface area contributed by atoms with Gasteiger partial charge in [0, 0.05) is 9.81 Å². The summed E-state index contributed by atoms with van der Waals surface area (Å²) in [5, 5.41) is 0. The predicted molar refractivity (Wildman–Crippen MR) is 53.9 cm³/mol. The average Bonchev–Trinajstić information content (AvgIpc) is 1.99. The first-order valence-corrected chi connectivity index (χ1v) is 4.83. The van der Waals surface area contributed by atoms with Crippen molar-refractivity contribution < 1.29 is 0 Å². The number of hydrogen-bond acceptors (Lipinski definition) is 2. The Labute approximate surface area is 70.2 Å². The van der Waals surface area contributed by atoms with Crippen LogP contribution in [0.15, 0.2) is 48.3 Å². The zero-order valence-electron chi connectivity index (χ0n) is 5.80. The molecular formula is C8H10S2. The highest BCUT2D eigenvalue weighted by Gasteiger charge is 1.90. The van der Waals surface area contributed by atoms with Crippen LogP contribution in [0.25, 0.3) is 0 Å². The highest BCUT2D eigenvalue weighted by Crippen LogP contribution is 2.34. The Balaban J connectivity index is 3.54. The molecule has 0 bridgehead atoms. The van der Waals surface area contributed by atoms with Gasteiger partial charge in [0.2, 0.25) is 0 Å². The van der Waals surface area contributed by atoms with Crippen LogP contribution < -0.4 is 0 Å². The van der Waals surface area contributed by atoms with Crippen LogP contribution in [-0.4, -0.2) is 0 Å². The molecule has 0 aromatic rings. The van der Waals surface area contributed by atoms with Gasteiger partial charge < -0.3 is 0 Å². The van der Waals surface area contributed by atoms with Crippen molar-refractivity contribution in [1.29, 1.82) is 0 Å². The Morgan fingerprint density at radius 3 is 1.40 bits per heavy atom. The molecule has 2 heteroatoms. The SMILES string of the molecule is C=CC(=C)SSC(=C)C=C. The molecule has 0 aromatic carbocycles. The third-order valence-electron chi connectivity index (χ3n) is 0.711. The van der Waals surface area contributed by atoms with Gasteiger partial charge in [0.1, 0.15) is 0 Å². The minimum atomic E-state index is 0.938. The third-order valence-corrected chi connectivity index (χ3v) is 3.09. The average molecular weight is 170 g/mol. The smallest absolute Gasteiger partial charge is 0.0108 e. The molecule has 0 saturated carbocycles. The van der Waals surface area contributed by atoms with Gasteiger partial charge >= 0.3 is 0 Å². The molecule has 0 fully saturated rings. The van der Waals surface area contributed by atoms with E-state index in [1.54, 1.807) is 33.7 Å². The number of allylic oxidation sites excluding steroid dienone is 2. The molecule has 0 rings (SSSR count). The van der Waals surface area contributed by atoms with Crippen molar-refractivity contribution >= 4 is 21.6 Å². The van der Waals surface area contributed by atoms with Crippen LogP contribution in [0.2, 0.25) is 0 Å². The van der Waals surface area contributed by atoms with E-state index in [1.165, 1.54) is 0 Å². The lowest BCUT2D eigenvalue weighted by molar-refractivity contribution is 2.05. The molecule has 0 atom stereocenters. The molecule has 0 nitrogen and oxygen atoms in total. The van der Waals surface area contributed by atoms with Crippen molar-refractivity contribution in [1.82, 2.24) is 0 Å². The maximum atomic E-state index is 3.73. The van der Waals surface area contributed by atoms with Crippen molar-refractivity contribution in [2.75, 3.05) is 0 Å². The molecule has 0 aliphatic heterocycles. The Kier molecular flexibility index (Phi) is 5.26. The zero-order valence-corrected chi connectivity index (χ0v) is 7.43. The van der Waals surface area contributed by atoms with Crippen molar-refractivity contribution in [3.63, 3.8) is 0 Å². The van der Waals surface area contributed by atoms with Crippen LogP contribution in [0.4, 0.5) is 0 Å². The maximum absolute atomic E-state index is 3.73. The fourth-order valence-corrected chi connectivity index (χ4v) is 1.58. The van der Waals surface area contributed by atoms with Gasteiger partial charge in [-0.1, -0.05) is 60.1 Å². The van der Waals surface area contributed by atoms with E-state index in [4.69, 9.17) is 0 Å². The quantitative estimate of drug-likeness (QED) is 0.455. The minimum Gasteiger partial charge on any atom is -0.0979 e. The summed E-state index contributed by atoms with van der Waals surface area (Å²) in [4.78, 5) is 1.88. The van der Waals surface area contributed by atoms with Gasteiger partial charge in [0.25, 0.3) is 0 Å². The first kappa shape index (κ1) is 9.66. The van der Waals surface area contributed by atoms with Gasteiger partial charge in [0.05, 0.1) is 0 Å². The molecule has 0 aliphatic rings. The summed E-state index contributed by atoms with van der Waals surface area (Å²) in [5.41, 5.74) is 0. The molecule has 0 N–H and O–H groups in total. The minimum absolute atomic E-state index is 0.938. The van der Waals surface area contributed by atoms with Gasteiger partial charge in [-0.15, -0.1) is 0 Å². The Morgan fingerprint density at radius 2 is 1.20 bits per heavy atom. The van der Waals surface area contributed by atoms with Crippen molar-refractivity contribution in [3.05, 3.63) is 48.3 Å². The van der Waals surface area contributed by atoms with E-state index in [2.05, 4.69) is 26.3 Å². The molecule has 0 amide bonds.